The third-order valence-corrected chi connectivity index (χ3v) is 8.69. The Morgan fingerprint density at radius 1 is 1.16 bits per heavy atom. The minimum absolute atomic E-state index is 0. The number of urea groups is 1. The second-order valence-electron chi connectivity index (χ2n) is 10.5. The number of nitrogens with two attached hydrogens (primary N) is 1. The fourth-order valence-corrected chi connectivity index (χ4v) is 5.71. The Morgan fingerprint density at radius 3 is 2.41 bits per heavy atom. The van der Waals surface area contributed by atoms with Crippen molar-refractivity contribution in [3.63, 3.8) is 0 Å². The van der Waals surface area contributed by atoms with E-state index in [0.29, 0.717) is 24.7 Å². The molecule has 1 aliphatic rings. The van der Waals surface area contributed by atoms with E-state index in [1.165, 1.54) is 12.1 Å². The number of anilines is 1. The molecule has 0 bridgehead atoms. The number of carbonyl (C=O) groups is 2. The fraction of sp³-hybridized carbons (Fsp3) is 0.367. The number of hydrogen-bond acceptors (Lipinski definition) is 7. The zero-order valence-electron chi connectivity index (χ0n) is 24.5. The SMILES string of the molecule is CCCCN(C(=O)Nc1cc(C(N)=O)c(F)cc1Cl)C1CCN(Cc2ccc(Oc3ccc(S(C)(=O)=O)cc3)nc2)CC1.Cl. The predicted molar refractivity (Wildman–Crippen MR) is 170 cm³/mol. The van der Waals surface area contributed by atoms with Crippen molar-refractivity contribution in [2.24, 2.45) is 5.73 Å². The zero-order valence-corrected chi connectivity index (χ0v) is 26.9. The van der Waals surface area contributed by atoms with Crippen LogP contribution in [-0.4, -0.2) is 67.1 Å². The summed E-state index contributed by atoms with van der Waals surface area (Å²) in [5.74, 6) is -0.902. The summed E-state index contributed by atoms with van der Waals surface area (Å²) in [4.78, 5) is 33.6. The molecule has 0 atom stereocenters. The Morgan fingerprint density at radius 2 is 1.84 bits per heavy atom. The number of aromatic nitrogens is 1. The first-order chi connectivity index (χ1) is 20.4. The van der Waals surface area contributed by atoms with E-state index in [4.69, 9.17) is 22.1 Å². The van der Waals surface area contributed by atoms with Crippen LogP contribution in [0.4, 0.5) is 14.9 Å². The van der Waals surface area contributed by atoms with Gasteiger partial charge in [-0.25, -0.2) is 22.6 Å². The highest BCUT2D eigenvalue weighted by Crippen LogP contribution is 2.28. The Hall–Kier alpha value is -3.45. The van der Waals surface area contributed by atoms with Crippen molar-refractivity contribution >= 4 is 51.5 Å². The highest BCUT2D eigenvalue weighted by molar-refractivity contribution is 7.90. The van der Waals surface area contributed by atoms with E-state index in [-0.39, 0.29) is 45.6 Å². The highest BCUT2D eigenvalue weighted by atomic mass is 35.5. The number of carbonyl (C=O) groups excluding carboxylic acids is 2. The van der Waals surface area contributed by atoms with Crippen LogP contribution in [-0.2, 0) is 16.4 Å². The molecular formula is C30H36Cl2FN5O5S. The van der Waals surface area contributed by atoms with Gasteiger partial charge in [-0.1, -0.05) is 31.0 Å². The molecule has 1 fully saturated rings. The van der Waals surface area contributed by atoms with Crippen LogP contribution in [0.2, 0.25) is 5.02 Å². The Balaban J connectivity index is 0.00000529. The standard InChI is InChI=1S/C30H35ClFN5O5S.ClH/c1-3-4-13-37(30(39)35-27-16-24(29(33)38)26(32)17-25(27)31)21-11-14-36(15-12-21)19-20-5-10-28(34-18-20)42-22-6-8-23(9-7-22)43(2,40)41;/h5-10,16-18,21H,3-4,11-15,19H2,1-2H3,(H2,33,38)(H,35,39);1H. The first-order valence-electron chi connectivity index (χ1n) is 14.0. The Kier molecular flexibility index (Phi) is 12.4. The number of piperidine rings is 1. The van der Waals surface area contributed by atoms with Crippen molar-refractivity contribution < 1.29 is 27.1 Å². The van der Waals surface area contributed by atoms with Crippen molar-refractivity contribution in [1.82, 2.24) is 14.8 Å². The van der Waals surface area contributed by atoms with E-state index in [1.54, 1.807) is 29.3 Å². The number of benzene rings is 2. The smallest absolute Gasteiger partial charge is 0.322 e. The van der Waals surface area contributed by atoms with Crippen molar-refractivity contribution in [2.45, 2.75) is 50.1 Å². The monoisotopic (exact) mass is 667 g/mol. The van der Waals surface area contributed by atoms with Crippen molar-refractivity contribution in [2.75, 3.05) is 31.2 Å². The maximum atomic E-state index is 14.0. The Bertz CT molecular complexity index is 1550. The van der Waals surface area contributed by atoms with Crippen LogP contribution in [0.15, 0.2) is 59.6 Å². The van der Waals surface area contributed by atoms with Crippen LogP contribution in [0.3, 0.4) is 0 Å². The van der Waals surface area contributed by atoms with Gasteiger partial charge in [-0.3, -0.25) is 9.69 Å². The Labute approximate surface area is 268 Å². The van der Waals surface area contributed by atoms with Gasteiger partial charge in [0.05, 0.1) is 21.2 Å². The molecule has 44 heavy (non-hydrogen) atoms. The molecule has 2 heterocycles. The largest absolute Gasteiger partial charge is 0.439 e. The quantitative estimate of drug-likeness (QED) is 0.260. The number of sulfone groups is 1. The summed E-state index contributed by atoms with van der Waals surface area (Å²) in [6.07, 6.45) is 6.15. The lowest BCUT2D eigenvalue weighted by Crippen LogP contribution is -2.49. The van der Waals surface area contributed by atoms with E-state index >= 15 is 0 Å². The number of likely N-dealkylation sites (tertiary alicyclic amines) is 1. The van der Waals surface area contributed by atoms with Crippen LogP contribution in [0.1, 0.15) is 48.5 Å². The summed E-state index contributed by atoms with van der Waals surface area (Å²) in [6, 6.07) is 11.7. The molecule has 3 amide bonds. The first kappa shape index (κ1) is 35.0. The van der Waals surface area contributed by atoms with Gasteiger partial charge in [-0.15, -0.1) is 12.4 Å². The molecule has 238 valence electrons. The molecule has 2 aromatic carbocycles. The number of unbranched alkanes of at least 4 members (excludes halogenated alkanes) is 1. The molecule has 0 aliphatic carbocycles. The van der Waals surface area contributed by atoms with Crippen molar-refractivity contribution in [3.05, 3.63) is 76.7 Å². The van der Waals surface area contributed by atoms with E-state index in [9.17, 15) is 22.4 Å². The molecule has 14 heteroatoms. The van der Waals surface area contributed by atoms with Crippen molar-refractivity contribution in [3.8, 4) is 11.6 Å². The average molecular weight is 669 g/mol. The van der Waals surface area contributed by atoms with Gasteiger partial charge in [0.15, 0.2) is 9.84 Å². The molecule has 1 saturated heterocycles. The molecule has 4 rings (SSSR count). The number of pyridine rings is 1. The lowest BCUT2D eigenvalue weighted by atomic mass is 10.0. The van der Waals surface area contributed by atoms with Gasteiger partial charge in [0.2, 0.25) is 5.88 Å². The normalized spacial score (nSPS) is 14.0. The summed E-state index contributed by atoms with van der Waals surface area (Å²) in [7, 11) is -3.28. The molecule has 3 aromatic rings. The molecule has 0 spiro atoms. The summed E-state index contributed by atoms with van der Waals surface area (Å²) in [6.45, 7) is 4.83. The number of primary amides is 1. The third-order valence-electron chi connectivity index (χ3n) is 7.25. The molecule has 10 nitrogen and oxygen atoms in total. The summed E-state index contributed by atoms with van der Waals surface area (Å²) in [5.41, 5.74) is 6.05. The summed E-state index contributed by atoms with van der Waals surface area (Å²) >= 11 is 6.15. The fourth-order valence-electron chi connectivity index (χ4n) is 4.89. The maximum Gasteiger partial charge on any atom is 0.322 e. The number of nitrogens with zero attached hydrogens (tertiary/aromatic N) is 3. The molecule has 0 saturated carbocycles. The predicted octanol–water partition coefficient (Wildman–Crippen LogP) is 5.89. The van der Waals surface area contributed by atoms with Gasteiger partial charge in [-0.05, 0) is 61.2 Å². The highest BCUT2D eigenvalue weighted by Gasteiger charge is 2.28. The van der Waals surface area contributed by atoms with E-state index in [0.717, 1.165) is 62.7 Å². The van der Waals surface area contributed by atoms with Gasteiger partial charge >= 0.3 is 6.03 Å². The number of nitrogens with one attached hydrogen (secondary N) is 1. The molecule has 3 N–H and O–H groups in total. The third kappa shape index (κ3) is 9.28. The van der Waals surface area contributed by atoms with Gasteiger partial charge in [0, 0.05) is 50.7 Å². The van der Waals surface area contributed by atoms with Gasteiger partial charge in [0.1, 0.15) is 11.6 Å². The van der Waals surface area contributed by atoms with Gasteiger partial charge < -0.3 is 20.7 Å². The minimum Gasteiger partial charge on any atom is -0.439 e. The second-order valence-corrected chi connectivity index (χ2v) is 12.9. The van der Waals surface area contributed by atoms with Crippen LogP contribution < -0.4 is 15.8 Å². The summed E-state index contributed by atoms with van der Waals surface area (Å²) in [5, 5.41) is 2.72. The molecule has 1 aliphatic heterocycles. The number of rotatable bonds is 11. The van der Waals surface area contributed by atoms with Crippen LogP contribution in [0.5, 0.6) is 11.6 Å². The second kappa shape index (κ2) is 15.5. The molecule has 0 radical (unpaired) electrons. The summed E-state index contributed by atoms with van der Waals surface area (Å²) < 4.78 is 43.1. The lowest BCUT2D eigenvalue weighted by molar-refractivity contribution is 0.0996. The lowest BCUT2D eigenvalue weighted by Gasteiger charge is -2.38. The maximum absolute atomic E-state index is 14.0. The first-order valence-corrected chi connectivity index (χ1v) is 16.2. The number of hydrogen-bond donors (Lipinski definition) is 2. The van der Waals surface area contributed by atoms with Crippen LogP contribution >= 0.6 is 24.0 Å². The van der Waals surface area contributed by atoms with Crippen LogP contribution in [0.25, 0.3) is 0 Å². The van der Waals surface area contributed by atoms with E-state index < -0.39 is 21.6 Å². The average Bonchev–Trinajstić information content (AvgIpc) is 2.96. The topological polar surface area (TPSA) is 135 Å². The van der Waals surface area contributed by atoms with E-state index in [2.05, 4.69) is 15.2 Å². The molecule has 1 aromatic heterocycles. The molecule has 0 unspecified atom stereocenters. The number of halogens is 3. The van der Waals surface area contributed by atoms with E-state index in [1.807, 2.05) is 13.0 Å². The minimum atomic E-state index is -3.28. The number of ether oxygens (including phenoxy) is 1. The van der Waals surface area contributed by atoms with Gasteiger partial charge in [-0.2, -0.15) is 0 Å². The van der Waals surface area contributed by atoms with Crippen molar-refractivity contribution in [1.29, 1.82) is 0 Å². The van der Waals surface area contributed by atoms with Crippen LogP contribution in [0, 0.1) is 5.82 Å². The number of amides is 3. The molecular weight excluding hydrogens is 632 g/mol. The zero-order chi connectivity index (χ0) is 31.1. The van der Waals surface area contributed by atoms with Gasteiger partial charge in [0.25, 0.3) is 5.91 Å².